The minimum Gasteiger partial charge on any atom is -0.354 e. The van der Waals surface area contributed by atoms with Gasteiger partial charge < -0.3 is 10.2 Å². The molecule has 20 heavy (non-hydrogen) atoms. The van der Waals surface area contributed by atoms with Gasteiger partial charge in [-0.3, -0.25) is 0 Å². The second kappa shape index (κ2) is 6.57. The predicted octanol–water partition coefficient (Wildman–Crippen LogP) is 3.51. The quantitative estimate of drug-likeness (QED) is 0.825. The summed E-state index contributed by atoms with van der Waals surface area (Å²) in [6.07, 6.45) is 2.67. The number of hydrogen-bond donors (Lipinski definition) is 1. The van der Waals surface area contributed by atoms with Gasteiger partial charge in [-0.2, -0.15) is 0 Å². The van der Waals surface area contributed by atoms with Crippen LogP contribution in [0.1, 0.15) is 51.8 Å². The SMILES string of the molecule is Cc1nc(N(CC(C)C)C(C)C)ccc1CNC1CC1. The first-order chi connectivity index (χ1) is 9.47. The molecule has 1 aliphatic rings. The van der Waals surface area contributed by atoms with E-state index in [1.807, 2.05) is 0 Å². The Morgan fingerprint density at radius 1 is 1.25 bits per heavy atom. The van der Waals surface area contributed by atoms with Crippen molar-refractivity contribution in [2.24, 2.45) is 5.92 Å². The highest BCUT2D eigenvalue weighted by Gasteiger charge is 2.20. The zero-order valence-electron chi connectivity index (χ0n) is 13.6. The summed E-state index contributed by atoms with van der Waals surface area (Å²) >= 11 is 0. The number of nitrogens with one attached hydrogen (secondary N) is 1. The summed E-state index contributed by atoms with van der Waals surface area (Å²) in [5, 5.41) is 3.56. The van der Waals surface area contributed by atoms with Crippen molar-refractivity contribution in [1.29, 1.82) is 0 Å². The molecule has 3 heteroatoms. The highest BCUT2D eigenvalue weighted by atomic mass is 15.2. The fraction of sp³-hybridized carbons (Fsp3) is 0.706. The van der Waals surface area contributed by atoms with Gasteiger partial charge in [-0.05, 0) is 51.2 Å². The fourth-order valence-corrected chi connectivity index (χ4v) is 2.43. The largest absolute Gasteiger partial charge is 0.354 e. The highest BCUT2D eigenvalue weighted by Crippen LogP contribution is 2.21. The fourth-order valence-electron chi connectivity index (χ4n) is 2.43. The first-order valence-electron chi connectivity index (χ1n) is 7.94. The minimum absolute atomic E-state index is 0.486. The number of aromatic nitrogens is 1. The van der Waals surface area contributed by atoms with Crippen molar-refractivity contribution in [2.75, 3.05) is 11.4 Å². The molecular weight excluding hydrogens is 246 g/mol. The average molecular weight is 275 g/mol. The summed E-state index contributed by atoms with van der Waals surface area (Å²) in [7, 11) is 0. The summed E-state index contributed by atoms with van der Waals surface area (Å²) in [6, 6.07) is 5.66. The molecule has 1 aliphatic carbocycles. The van der Waals surface area contributed by atoms with Gasteiger partial charge in [0, 0.05) is 30.9 Å². The van der Waals surface area contributed by atoms with E-state index >= 15 is 0 Å². The summed E-state index contributed by atoms with van der Waals surface area (Å²) in [6.45, 7) is 13.1. The second-order valence-electron chi connectivity index (χ2n) is 6.71. The molecule has 1 aromatic heterocycles. The molecule has 0 atom stereocenters. The van der Waals surface area contributed by atoms with Crippen LogP contribution in [-0.4, -0.2) is 23.6 Å². The molecule has 0 saturated heterocycles. The van der Waals surface area contributed by atoms with E-state index in [0.717, 1.165) is 30.6 Å². The first-order valence-corrected chi connectivity index (χ1v) is 7.94. The summed E-state index contributed by atoms with van der Waals surface area (Å²) < 4.78 is 0. The Morgan fingerprint density at radius 2 is 1.95 bits per heavy atom. The minimum atomic E-state index is 0.486. The van der Waals surface area contributed by atoms with Gasteiger partial charge in [0.05, 0.1) is 0 Å². The van der Waals surface area contributed by atoms with Gasteiger partial charge in [-0.25, -0.2) is 4.98 Å². The number of pyridine rings is 1. The van der Waals surface area contributed by atoms with Gasteiger partial charge in [-0.1, -0.05) is 19.9 Å². The molecule has 1 heterocycles. The second-order valence-corrected chi connectivity index (χ2v) is 6.71. The summed E-state index contributed by atoms with van der Waals surface area (Å²) in [5.41, 5.74) is 2.49. The molecule has 1 fully saturated rings. The van der Waals surface area contributed by atoms with E-state index in [2.05, 4.69) is 57.0 Å². The van der Waals surface area contributed by atoms with Gasteiger partial charge in [0.15, 0.2) is 0 Å². The maximum absolute atomic E-state index is 4.83. The number of rotatable bonds is 7. The third kappa shape index (κ3) is 4.20. The van der Waals surface area contributed by atoms with E-state index in [-0.39, 0.29) is 0 Å². The standard InChI is InChI=1S/C17H29N3/c1-12(2)11-20(13(3)4)17-9-6-15(14(5)19-17)10-18-16-7-8-16/h6,9,12-13,16,18H,7-8,10-11H2,1-5H3. The lowest BCUT2D eigenvalue weighted by molar-refractivity contribution is 0.565. The lowest BCUT2D eigenvalue weighted by atomic mass is 10.1. The molecule has 3 nitrogen and oxygen atoms in total. The van der Waals surface area contributed by atoms with Gasteiger partial charge in [0.1, 0.15) is 5.82 Å². The van der Waals surface area contributed by atoms with Gasteiger partial charge in [0.2, 0.25) is 0 Å². The van der Waals surface area contributed by atoms with Crippen LogP contribution in [0, 0.1) is 12.8 Å². The number of hydrogen-bond acceptors (Lipinski definition) is 3. The van der Waals surface area contributed by atoms with Crippen molar-refractivity contribution in [3.8, 4) is 0 Å². The van der Waals surface area contributed by atoms with E-state index in [1.165, 1.54) is 18.4 Å². The third-order valence-electron chi connectivity index (χ3n) is 3.82. The van der Waals surface area contributed by atoms with Crippen LogP contribution in [-0.2, 0) is 6.54 Å². The molecular formula is C17H29N3. The third-order valence-corrected chi connectivity index (χ3v) is 3.82. The van der Waals surface area contributed by atoms with Gasteiger partial charge in [-0.15, -0.1) is 0 Å². The van der Waals surface area contributed by atoms with E-state index in [1.54, 1.807) is 0 Å². The number of anilines is 1. The summed E-state index contributed by atoms with van der Waals surface area (Å²) in [5.74, 6) is 1.76. The number of aryl methyl sites for hydroxylation is 1. The van der Waals surface area contributed by atoms with Gasteiger partial charge in [0.25, 0.3) is 0 Å². The molecule has 0 aliphatic heterocycles. The maximum Gasteiger partial charge on any atom is 0.129 e. The normalized spacial score (nSPS) is 15.2. The molecule has 112 valence electrons. The van der Waals surface area contributed by atoms with Crippen LogP contribution in [0.25, 0.3) is 0 Å². The van der Waals surface area contributed by atoms with Crippen molar-refractivity contribution < 1.29 is 0 Å². The van der Waals surface area contributed by atoms with Gasteiger partial charge >= 0.3 is 0 Å². The Balaban J connectivity index is 2.08. The van der Waals surface area contributed by atoms with Crippen LogP contribution in [0.5, 0.6) is 0 Å². The summed E-state index contributed by atoms with van der Waals surface area (Å²) in [4.78, 5) is 7.23. The molecule has 2 rings (SSSR count). The van der Waals surface area contributed by atoms with E-state index in [0.29, 0.717) is 12.0 Å². The zero-order chi connectivity index (χ0) is 14.7. The lowest BCUT2D eigenvalue weighted by Gasteiger charge is -2.30. The molecule has 0 spiro atoms. The van der Waals surface area contributed by atoms with Crippen molar-refractivity contribution in [3.63, 3.8) is 0 Å². The van der Waals surface area contributed by atoms with Crippen LogP contribution in [0.4, 0.5) is 5.82 Å². The van der Waals surface area contributed by atoms with Crippen molar-refractivity contribution >= 4 is 5.82 Å². The molecule has 0 bridgehead atoms. The van der Waals surface area contributed by atoms with E-state index in [9.17, 15) is 0 Å². The number of nitrogens with zero attached hydrogens (tertiary/aromatic N) is 2. The molecule has 0 aromatic carbocycles. The average Bonchev–Trinajstić information content (AvgIpc) is 3.18. The maximum atomic E-state index is 4.83. The van der Waals surface area contributed by atoms with Crippen LogP contribution < -0.4 is 10.2 Å². The monoisotopic (exact) mass is 275 g/mol. The zero-order valence-corrected chi connectivity index (χ0v) is 13.6. The molecule has 0 radical (unpaired) electrons. The molecule has 1 aromatic rings. The molecule has 0 unspecified atom stereocenters. The van der Waals surface area contributed by atoms with Crippen LogP contribution >= 0.6 is 0 Å². The van der Waals surface area contributed by atoms with Crippen molar-refractivity contribution in [1.82, 2.24) is 10.3 Å². The Bertz CT molecular complexity index is 436. The van der Waals surface area contributed by atoms with E-state index < -0.39 is 0 Å². The van der Waals surface area contributed by atoms with E-state index in [4.69, 9.17) is 4.98 Å². The van der Waals surface area contributed by atoms with Crippen LogP contribution in [0.3, 0.4) is 0 Å². The molecule has 1 saturated carbocycles. The Hall–Kier alpha value is -1.09. The Kier molecular flexibility index (Phi) is 5.03. The Labute approximate surface area is 123 Å². The highest BCUT2D eigenvalue weighted by molar-refractivity contribution is 5.42. The van der Waals surface area contributed by atoms with Crippen LogP contribution in [0.2, 0.25) is 0 Å². The van der Waals surface area contributed by atoms with Crippen LogP contribution in [0.15, 0.2) is 12.1 Å². The first kappa shape index (κ1) is 15.3. The smallest absolute Gasteiger partial charge is 0.129 e. The predicted molar refractivity (Wildman–Crippen MR) is 86.2 cm³/mol. The topological polar surface area (TPSA) is 28.2 Å². The van der Waals surface area contributed by atoms with Crippen molar-refractivity contribution in [3.05, 3.63) is 23.4 Å². The lowest BCUT2D eigenvalue weighted by Crippen LogP contribution is -2.35. The molecule has 1 N–H and O–H groups in total. The molecule has 0 amide bonds. The Morgan fingerprint density at radius 3 is 2.45 bits per heavy atom. The van der Waals surface area contributed by atoms with Crippen molar-refractivity contribution in [2.45, 2.75) is 66.1 Å².